The zero-order valence-corrected chi connectivity index (χ0v) is 18.5. The molecule has 0 amide bonds. The summed E-state index contributed by atoms with van der Waals surface area (Å²) in [5.41, 5.74) is 1.65. The average molecular weight is 460 g/mol. The van der Waals surface area contributed by atoms with Crippen molar-refractivity contribution in [3.05, 3.63) is 58.6 Å². The van der Waals surface area contributed by atoms with E-state index < -0.39 is 0 Å². The summed E-state index contributed by atoms with van der Waals surface area (Å²) in [6.07, 6.45) is 0. The molecule has 0 fully saturated rings. The fourth-order valence-corrected chi connectivity index (χ4v) is 4.11. The minimum absolute atomic E-state index is 0.0579. The molecule has 7 heteroatoms. The van der Waals surface area contributed by atoms with Gasteiger partial charge in [-0.1, -0.05) is 59.7 Å². The number of ether oxygens (including phenoxy) is 1. The van der Waals surface area contributed by atoms with E-state index in [0.717, 1.165) is 33.3 Å². The van der Waals surface area contributed by atoms with Crippen molar-refractivity contribution in [2.45, 2.75) is 25.5 Å². The number of nitrogens with zero attached hydrogens (tertiary/aromatic N) is 3. The summed E-state index contributed by atoms with van der Waals surface area (Å²) < 4.78 is 8.13. The van der Waals surface area contributed by atoms with Crippen molar-refractivity contribution < 1.29 is 9.53 Å². The van der Waals surface area contributed by atoms with Gasteiger partial charge in [-0.3, -0.25) is 4.79 Å². The van der Waals surface area contributed by atoms with E-state index in [9.17, 15) is 4.79 Å². The Morgan fingerprint density at radius 1 is 1.14 bits per heavy atom. The molecular formula is C21H22BrN3O2S. The van der Waals surface area contributed by atoms with Crippen LogP contribution in [0.25, 0.3) is 11.4 Å². The Labute approximate surface area is 177 Å². The van der Waals surface area contributed by atoms with Gasteiger partial charge in [0.15, 0.2) is 16.8 Å². The molecule has 5 nitrogen and oxygen atoms in total. The maximum Gasteiger partial charge on any atom is 0.191 e. The third-order valence-corrected chi connectivity index (χ3v) is 5.78. The highest BCUT2D eigenvalue weighted by Gasteiger charge is 2.18. The van der Waals surface area contributed by atoms with Gasteiger partial charge in [-0.2, -0.15) is 0 Å². The van der Waals surface area contributed by atoms with Crippen molar-refractivity contribution in [2.75, 3.05) is 12.9 Å². The quantitative estimate of drug-likeness (QED) is 0.335. The minimum atomic E-state index is 0.0579. The molecule has 0 aliphatic rings. The van der Waals surface area contributed by atoms with Crippen LogP contribution in [0.1, 0.15) is 24.2 Å². The Morgan fingerprint density at radius 3 is 2.50 bits per heavy atom. The van der Waals surface area contributed by atoms with E-state index in [2.05, 4.69) is 44.5 Å². The molecule has 28 heavy (non-hydrogen) atoms. The predicted molar refractivity (Wildman–Crippen MR) is 116 cm³/mol. The summed E-state index contributed by atoms with van der Waals surface area (Å²) in [6, 6.07) is 15.2. The second-order valence-corrected chi connectivity index (χ2v) is 8.53. The van der Waals surface area contributed by atoms with E-state index in [-0.39, 0.29) is 5.78 Å². The second kappa shape index (κ2) is 9.39. The lowest BCUT2D eigenvalue weighted by atomic mass is 10.1. The summed E-state index contributed by atoms with van der Waals surface area (Å²) in [7, 11) is 1.65. The molecule has 0 spiro atoms. The van der Waals surface area contributed by atoms with Gasteiger partial charge >= 0.3 is 0 Å². The predicted octanol–water partition coefficient (Wildman–Crippen LogP) is 5.35. The molecule has 3 aromatic rings. The first-order valence-electron chi connectivity index (χ1n) is 8.97. The van der Waals surface area contributed by atoms with Gasteiger partial charge in [-0.05, 0) is 36.2 Å². The number of aromatic nitrogens is 3. The third kappa shape index (κ3) is 4.83. The molecule has 0 radical (unpaired) electrons. The zero-order chi connectivity index (χ0) is 20.1. The average Bonchev–Trinajstić information content (AvgIpc) is 3.08. The van der Waals surface area contributed by atoms with E-state index in [0.29, 0.717) is 17.2 Å². The van der Waals surface area contributed by atoms with Crippen LogP contribution in [0.5, 0.6) is 5.75 Å². The van der Waals surface area contributed by atoms with Gasteiger partial charge in [0.1, 0.15) is 5.75 Å². The zero-order valence-electron chi connectivity index (χ0n) is 16.1. The van der Waals surface area contributed by atoms with Gasteiger partial charge in [0, 0.05) is 22.1 Å². The van der Waals surface area contributed by atoms with Crippen LogP contribution in [0.3, 0.4) is 0 Å². The summed E-state index contributed by atoms with van der Waals surface area (Å²) in [5, 5.41) is 9.50. The van der Waals surface area contributed by atoms with E-state index in [4.69, 9.17) is 4.74 Å². The van der Waals surface area contributed by atoms with Gasteiger partial charge in [0.25, 0.3) is 0 Å². The molecule has 3 rings (SSSR count). The lowest BCUT2D eigenvalue weighted by Gasteiger charge is -2.12. The highest BCUT2D eigenvalue weighted by atomic mass is 79.9. The molecule has 146 valence electrons. The molecule has 1 aromatic heterocycles. The number of carbonyl (C=O) groups excluding carboxylic acids is 1. The highest BCUT2D eigenvalue weighted by molar-refractivity contribution is 9.10. The smallest absolute Gasteiger partial charge is 0.191 e. The fraction of sp³-hybridized carbons (Fsp3) is 0.286. The van der Waals surface area contributed by atoms with Crippen LogP contribution in [0.4, 0.5) is 0 Å². The van der Waals surface area contributed by atoms with Crippen molar-refractivity contribution in [1.29, 1.82) is 0 Å². The fourth-order valence-electron chi connectivity index (χ4n) is 2.77. The molecule has 2 aromatic carbocycles. The summed E-state index contributed by atoms with van der Waals surface area (Å²) >= 11 is 4.86. The largest absolute Gasteiger partial charge is 0.497 e. The van der Waals surface area contributed by atoms with Crippen LogP contribution >= 0.6 is 27.7 Å². The molecule has 0 N–H and O–H groups in total. The molecule has 0 aliphatic carbocycles. The minimum Gasteiger partial charge on any atom is -0.497 e. The van der Waals surface area contributed by atoms with Crippen molar-refractivity contribution in [1.82, 2.24) is 14.8 Å². The number of methoxy groups -OCH3 is 1. The second-order valence-electron chi connectivity index (χ2n) is 6.73. The van der Waals surface area contributed by atoms with Crippen LogP contribution < -0.4 is 4.74 Å². The normalized spacial score (nSPS) is 11.0. The summed E-state index contributed by atoms with van der Waals surface area (Å²) in [5.74, 6) is 2.38. The number of thioether (sulfide) groups is 1. The summed E-state index contributed by atoms with van der Waals surface area (Å²) in [4.78, 5) is 12.6. The number of ketones is 1. The van der Waals surface area contributed by atoms with E-state index in [1.165, 1.54) is 11.8 Å². The number of Topliss-reactive ketones (excluding diaryl/α,β-unsaturated/α-hetero) is 1. The van der Waals surface area contributed by atoms with Crippen LogP contribution in [0.2, 0.25) is 0 Å². The number of hydrogen-bond acceptors (Lipinski definition) is 5. The first-order valence-corrected chi connectivity index (χ1v) is 10.8. The molecular weight excluding hydrogens is 438 g/mol. The van der Waals surface area contributed by atoms with Crippen molar-refractivity contribution in [2.24, 2.45) is 5.92 Å². The van der Waals surface area contributed by atoms with E-state index in [1.807, 2.05) is 48.5 Å². The topological polar surface area (TPSA) is 57.0 Å². The lowest BCUT2D eigenvalue weighted by molar-refractivity contribution is 0.102. The van der Waals surface area contributed by atoms with Crippen molar-refractivity contribution >= 4 is 33.5 Å². The van der Waals surface area contributed by atoms with Crippen LogP contribution in [0, 0.1) is 5.92 Å². The van der Waals surface area contributed by atoms with Gasteiger partial charge in [0.05, 0.1) is 12.9 Å². The maximum atomic E-state index is 12.6. The molecule has 1 heterocycles. The number of carbonyl (C=O) groups is 1. The highest BCUT2D eigenvalue weighted by Crippen LogP contribution is 2.27. The number of benzene rings is 2. The van der Waals surface area contributed by atoms with Crippen LogP contribution in [-0.4, -0.2) is 33.4 Å². The standard InChI is InChI=1S/C21H22BrN3O2S/c1-14(2)12-25-20(15-8-10-16(27-3)11-9-15)23-24-21(25)28-13-19(26)17-6-4-5-7-18(17)22/h4-11,14H,12-13H2,1-3H3. The molecule has 0 bridgehead atoms. The van der Waals surface area contributed by atoms with Crippen molar-refractivity contribution in [3.8, 4) is 17.1 Å². The van der Waals surface area contributed by atoms with Crippen LogP contribution in [0.15, 0.2) is 58.2 Å². The van der Waals surface area contributed by atoms with Gasteiger partial charge < -0.3 is 9.30 Å². The van der Waals surface area contributed by atoms with E-state index >= 15 is 0 Å². The molecule has 0 unspecified atom stereocenters. The molecule has 0 saturated carbocycles. The SMILES string of the molecule is COc1ccc(-c2nnc(SCC(=O)c3ccccc3Br)n2CC(C)C)cc1. The summed E-state index contributed by atoms with van der Waals surface area (Å²) in [6.45, 7) is 5.08. The lowest BCUT2D eigenvalue weighted by Crippen LogP contribution is -2.09. The molecule has 0 atom stereocenters. The maximum absolute atomic E-state index is 12.6. The first kappa shape index (κ1) is 20.6. The van der Waals surface area contributed by atoms with E-state index in [1.54, 1.807) is 7.11 Å². The first-order chi connectivity index (χ1) is 13.5. The Hall–Kier alpha value is -2.12. The Morgan fingerprint density at radius 2 is 1.86 bits per heavy atom. The van der Waals surface area contributed by atoms with Crippen molar-refractivity contribution in [3.63, 3.8) is 0 Å². The molecule has 0 saturated heterocycles. The Bertz CT molecular complexity index is 955. The molecule has 0 aliphatic heterocycles. The van der Waals surface area contributed by atoms with Crippen LogP contribution in [-0.2, 0) is 6.54 Å². The van der Waals surface area contributed by atoms with Gasteiger partial charge in [0.2, 0.25) is 0 Å². The van der Waals surface area contributed by atoms with Gasteiger partial charge in [-0.25, -0.2) is 0 Å². The Kier molecular flexibility index (Phi) is 6.91. The number of halogens is 1. The number of hydrogen-bond donors (Lipinski definition) is 0. The monoisotopic (exact) mass is 459 g/mol. The van der Waals surface area contributed by atoms with Gasteiger partial charge in [-0.15, -0.1) is 10.2 Å². The number of rotatable bonds is 8. The third-order valence-electron chi connectivity index (χ3n) is 4.12. The Balaban J connectivity index is 1.83.